The molecule has 2 heterocycles. The Morgan fingerprint density at radius 2 is 2.20 bits per heavy atom. The summed E-state index contributed by atoms with van der Waals surface area (Å²) in [5.41, 5.74) is 3.67. The molecule has 0 spiro atoms. The van der Waals surface area contributed by atoms with E-state index in [1.807, 2.05) is 0 Å². The van der Waals surface area contributed by atoms with E-state index < -0.39 is 0 Å². The van der Waals surface area contributed by atoms with Crippen molar-refractivity contribution in [3.63, 3.8) is 0 Å². The first-order valence-electron chi connectivity index (χ1n) is 10.0. The molecule has 0 saturated carbocycles. The number of hydrogen-bond donors (Lipinski definition) is 2. The zero-order valence-electron chi connectivity index (χ0n) is 17.2. The number of aromatic nitrogens is 2. The Bertz CT molecular complexity index is 958. The van der Waals surface area contributed by atoms with Crippen molar-refractivity contribution in [3.8, 4) is 11.5 Å². The van der Waals surface area contributed by atoms with Crippen LogP contribution in [0.25, 0.3) is 0 Å². The number of methoxy groups -OCH3 is 2. The number of hydrogen-bond acceptors (Lipinski definition) is 5. The van der Waals surface area contributed by atoms with Crippen LogP contribution in [-0.4, -0.2) is 49.6 Å². The molecular weight excluding hydrogens is 389 g/mol. The van der Waals surface area contributed by atoms with Gasteiger partial charge in [-0.15, -0.1) is 0 Å². The highest BCUT2D eigenvalue weighted by Crippen LogP contribution is 2.40. The minimum Gasteiger partial charge on any atom is -0.497 e. The molecule has 1 aromatic heterocycles. The van der Waals surface area contributed by atoms with Crippen LogP contribution in [0.1, 0.15) is 40.8 Å². The van der Waals surface area contributed by atoms with Gasteiger partial charge in [0.15, 0.2) is 11.6 Å². The smallest absolute Gasteiger partial charge is 0.243 e. The monoisotopic (exact) mass is 415 g/mol. The average molecular weight is 415 g/mol. The number of nitrogens with zero attached hydrogens (tertiary/aromatic N) is 1. The molecule has 1 fully saturated rings. The van der Waals surface area contributed by atoms with E-state index in [1.54, 1.807) is 19.2 Å². The second kappa shape index (κ2) is 8.47. The van der Waals surface area contributed by atoms with Crippen molar-refractivity contribution in [1.82, 2.24) is 15.5 Å². The fraction of sp³-hybridized carbons (Fsp3) is 0.455. The quantitative estimate of drug-likeness (QED) is 0.709. The van der Waals surface area contributed by atoms with Crippen molar-refractivity contribution >= 4 is 5.91 Å². The summed E-state index contributed by atoms with van der Waals surface area (Å²) in [6.07, 6.45) is 3.46. The van der Waals surface area contributed by atoms with Gasteiger partial charge in [0.2, 0.25) is 5.91 Å². The van der Waals surface area contributed by atoms with E-state index in [-0.39, 0.29) is 35.4 Å². The number of carbonyl (C=O) groups is 1. The number of carbonyl (C=O) groups excluding carboxylic acids is 1. The molecule has 1 saturated heterocycles. The van der Waals surface area contributed by atoms with Crippen LogP contribution in [0, 0.1) is 5.82 Å². The molecular formula is C22H26FN3O4. The Morgan fingerprint density at radius 1 is 1.37 bits per heavy atom. The Hall–Kier alpha value is -2.87. The first kappa shape index (κ1) is 20.4. The molecule has 8 heteroatoms. The van der Waals surface area contributed by atoms with Crippen molar-refractivity contribution in [2.45, 2.75) is 37.1 Å². The Balaban J connectivity index is 1.58. The molecule has 7 nitrogen and oxygen atoms in total. The van der Waals surface area contributed by atoms with Crippen LogP contribution >= 0.6 is 0 Å². The summed E-state index contributed by atoms with van der Waals surface area (Å²) in [7, 11) is 3.01. The molecule has 30 heavy (non-hydrogen) atoms. The van der Waals surface area contributed by atoms with Crippen molar-refractivity contribution in [2.24, 2.45) is 0 Å². The summed E-state index contributed by atoms with van der Waals surface area (Å²) in [4.78, 5) is 11.7. The number of fused-ring (bicyclic) bond motifs is 1. The second-order valence-corrected chi connectivity index (χ2v) is 7.70. The zero-order chi connectivity index (χ0) is 21.3. The molecule has 1 aliphatic heterocycles. The van der Waals surface area contributed by atoms with E-state index >= 15 is 0 Å². The molecule has 160 valence electrons. The third-order valence-electron chi connectivity index (χ3n) is 6.06. The lowest BCUT2D eigenvalue weighted by molar-refractivity contribution is -0.117. The van der Waals surface area contributed by atoms with E-state index in [9.17, 15) is 9.18 Å². The van der Waals surface area contributed by atoms with Crippen LogP contribution in [0.4, 0.5) is 4.39 Å². The number of halogens is 1. The first-order chi connectivity index (χ1) is 14.5. The number of rotatable bonds is 6. The third-order valence-corrected chi connectivity index (χ3v) is 6.06. The largest absolute Gasteiger partial charge is 0.497 e. The maximum atomic E-state index is 14.9. The van der Waals surface area contributed by atoms with Crippen molar-refractivity contribution in [1.29, 1.82) is 0 Å². The van der Waals surface area contributed by atoms with Crippen molar-refractivity contribution in [2.75, 3.05) is 27.4 Å². The van der Waals surface area contributed by atoms with E-state index in [1.165, 1.54) is 13.2 Å². The van der Waals surface area contributed by atoms with E-state index in [4.69, 9.17) is 14.2 Å². The van der Waals surface area contributed by atoms with Gasteiger partial charge in [0.25, 0.3) is 0 Å². The lowest BCUT2D eigenvalue weighted by atomic mass is 9.80. The summed E-state index contributed by atoms with van der Waals surface area (Å²) >= 11 is 0. The van der Waals surface area contributed by atoms with Crippen LogP contribution in [0.3, 0.4) is 0 Å². The van der Waals surface area contributed by atoms with Gasteiger partial charge in [-0.05, 0) is 48.4 Å². The fourth-order valence-corrected chi connectivity index (χ4v) is 4.47. The molecule has 3 atom stereocenters. The van der Waals surface area contributed by atoms with Gasteiger partial charge in [-0.2, -0.15) is 5.10 Å². The summed E-state index contributed by atoms with van der Waals surface area (Å²) in [6, 6.07) is 3.16. The summed E-state index contributed by atoms with van der Waals surface area (Å²) < 4.78 is 31.0. The van der Waals surface area contributed by atoms with Gasteiger partial charge < -0.3 is 19.5 Å². The SMILES string of the molecule is C=CC(=O)N[C@@H]1COC[C@@H]1c1n[nH]c2c1CC[C@H](c1cc(OC)cc(OC)c1F)C2. The van der Waals surface area contributed by atoms with E-state index in [0.717, 1.165) is 29.8 Å². The van der Waals surface area contributed by atoms with Crippen molar-refractivity contribution < 1.29 is 23.4 Å². The van der Waals surface area contributed by atoms with Gasteiger partial charge in [-0.1, -0.05) is 6.58 Å². The van der Waals surface area contributed by atoms with Gasteiger partial charge >= 0.3 is 0 Å². The van der Waals surface area contributed by atoms with Gasteiger partial charge in [-0.3, -0.25) is 9.89 Å². The standard InChI is InChI=1S/C22H26FN3O4/c1-4-20(27)24-18-11-30-10-16(18)22-14-6-5-12(7-17(14)25-26-22)15-8-13(28-2)9-19(29-3)21(15)23/h4,8-9,12,16,18H,1,5-7,10-11H2,2-3H3,(H,24,27)(H,25,26)/t12-,16-,18+/m0/s1. The highest BCUT2D eigenvalue weighted by atomic mass is 19.1. The molecule has 0 unspecified atom stereocenters. The number of nitrogens with one attached hydrogen (secondary N) is 2. The van der Waals surface area contributed by atoms with Crippen LogP contribution in [0.2, 0.25) is 0 Å². The van der Waals surface area contributed by atoms with Crippen LogP contribution in [0.15, 0.2) is 24.8 Å². The highest BCUT2D eigenvalue weighted by Gasteiger charge is 2.36. The van der Waals surface area contributed by atoms with Crippen LogP contribution < -0.4 is 14.8 Å². The molecule has 1 aliphatic carbocycles. The van der Waals surface area contributed by atoms with Crippen LogP contribution in [-0.2, 0) is 22.4 Å². The number of aromatic amines is 1. The molecule has 2 aromatic rings. The van der Waals surface area contributed by atoms with Gasteiger partial charge in [0.05, 0.1) is 39.2 Å². The van der Waals surface area contributed by atoms with E-state index in [2.05, 4.69) is 22.1 Å². The lowest BCUT2D eigenvalue weighted by Gasteiger charge is -2.25. The summed E-state index contributed by atoms with van der Waals surface area (Å²) in [6.45, 7) is 4.46. The number of ether oxygens (including phenoxy) is 3. The highest BCUT2D eigenvalue weighted by molar-refractivity contribution is 5.87. The third kappa shape index (κ3) is 3.67. The molecule has 1 amide bonds. The number of H-pyrrole nitrogens is 1. The predicted octanol–water partition coefficient (Wildman–Crippen LogP) is 2.62. The minimum atomic E-state index is -0.345. The molecule has 4 rings (SSSR count). The van der Waals surface area contributed by atoms with Gasteiger partial charge in [-0.25, -0.2) is 4.39 Å². The topological polar surface area (TPSA) is 85.5 Å². The number of benzene rings is 1. The van der Waals surface area contributed by atoms with Gasteiger partial charge in [0.1, 0.15) is 5.75 Å². The minimum absolute atomic E-state index is 0.00843. The zero-order valence-corrected chi connectivity index (χ0v) is 17.2. The maximum Gasteiger partial charge on any atom is 0.243 e. The Morgan fingerprint density at radius 3 is 2.93 bits per heavy atom. The maximum absolute atomic E-state index is 14.9. The molecule has 1 aromatic carbocycles. The van der Waals surface area contributed by atoms with Crippen molar-refractivity contribution in [3.05, 3.63) is 53.1 Å². The second-order valence-electron chi connectivity index (χ2n) is 7.70. The van der Waals surface area contributed by atoms with Crippen LogP contribution in [0.5, 0.6) is 11.5 Å². The molecule has 2 N–H and O–H groups in total. The first-order valence-corrected chi connectivity index (χ1v) is 10.0. The van der Waals surface area contributed by atoms with E-state index in [0.29, 0.717) is 30.9 Å². The average Bonchev–Trinajstić information content (AvgIpc) is 3.39. The molecule has 2 aliphatic rings. The molecule has 0 bridgehead atoms. The normalized spacial score (nSPS) is 23.0. The lowest BCUT2D eigenvalue weighted by Crippen LogP contribution is -2.38. The summed E-state index contributed by atoms with van der Waals surface area (Å²) in [5.74, 6) is 0.169. The Labute approximate surface area is 174 Å². The molecule has 0 radical (unpaired) electrons. The Kier molecular flexibility index (Phi) is 5.76. The summed E-state index contributed by atoms with van der Waals surface area (Å²) in [5, 5.41) is 10.6. The number of amides is 1. The predicted molar refractivity (Wildman–Crippen MR) is 109 cm³/mol. The van der Waals surface area contributed by atoms with Gasteiger partial charge in [0, 0.05) is 17.7 Å². The fourth-order valence-electron chi connectivity index (χ4n) is 4.47.